The predicted octanol–water partition coefficient (Wildman–Crippen LogP) is 2.51. The van der Waals surface area contributed by atoms with E-state index in [1.165, 1.54) is 12.1 Å². The van der Waals surface area contributed by atoms with Crippen molar-refractivity contribution in [3.05, 3.63) is 42.5 Å². The third-order valence-corrected chi connectivity index (χ3v) is 4.41. The van der Waals surface area contributed by atoms with Crippen molar-refractivity contribution in [3.8, 4) is 0 Å². The molecule has 0 fully saturated rings. The summed E-state index contributed by atoms with van der Waals surface area (Å²) in [6.07, 6.45) is 3.55. The fraction of sp³-hybridized carbons (Fsp3) is 0.308. The number of hydrogen-bond donors (Lipinski definition) is 1. The van der Waals surface area contributed by atoms with Crippen molar-refractivity contribution in [2.45, 2.75) is 30.7 Å². The minimum Gasteiger partial charge on any atom is -0.378 e. The summed E-state index contributed by atoms with van der Waals surface area (Å²) in [5, 5.41) is 3.06. The zero-order valence-electron chi connectivity index (χ0n) is 11.3. The first-order chi connectivity index (χ1) is 9.95. The fourth-order valence-electron chi connectivity index (χ4n) is 1.84. The van der Waals surface area contributed by atoms with Crippen molar-refractivity contribution in [1.29, 1.82) is 0 Å². The number of hydrogen-bond acceptors (Lipinski definition) is 4. The van der Waals surface area contributed by atoms with Crippen molar-refractivity contribution >= 4 is 15.5 Å². The van der Waals surface area contributed by atoms with E-state index in [4.69, 9.17) is 0 Å². The molecule has 0 radical (unpaired) electrons. The van der Waals surface area contributed by atoms with Gasteiger partial charge in [-0.2, -0.15) is 8.78 Å². The summed E-state index contributed by atoms with van der Waals surface area (Å²) in [4.78, 5) is 3.80. The molecule has 0 spiro atoms. The Morgan fingerprint density at radius 3 is 2.52 bits per heavy atom. The van der Waals surface area contributed by atoms with Crippen molar-refractivity contribution in [3.63, 3.8) is 0 Å². The lowest BCUT2D eigenvalue weighted by Crippen LogP contribution is -2.11. The van der Waals surface area contributed by atoms with Gasteiger partial charge in [0.15, 0.2) is 0 Å². The first-order valence-corrected chi connectivity index (χ1v) is 7.85. The van der Waals surface area contributed by atoms with E-state index < -0.39 is 20.5 Å². The molecule has 1 aromatic heterocycles. The van der Waals surface area contributed by atoms with Crippen LogP contribution in [0.5, 0.6) is 0 Å². The lowest BCUT2D eigenvalue weighted by Gasteiger charge is -2.09. The number of aromatic nitrogens is 2. The number of anilines is 1. The van der Waals surface area contributed by atoms with Gasteiger partial charge in [-0.25, -0.2) is 13.4 Å². The summed E-state index contributed by atoms with van der Waals surface area (Å²) < 4.78 is 49.3. The molecule has 0 amide bonds. The highest BCUT2D eigenvalue weighted by Gasteiger charge is 2.26. The van der Waals surface area contributed by atoms with Crippen molar-refractivity contribution in [2.75, 3.05) is 5.32 Å². The number of nitrogens with one attached hydrogen (secondary N) is 1. The van der Waals surface area contributed by atoms with Crippen LogP contribution in [0.25, 0.3) is 0 Å². The molecule has 8 heteroatoms. The number of aryl methyl sites for hydroxylation is 1. The molecule has 0 saturated carbocycles. The van der Waals surface area contributed by atoms with E-state index in [-0.39, 0.29) is 0 Å². The molecule has 114 valence electrons. The van der Waals surface area contributed by atoms with Crippen molar-refractivity contribution < 1.29 is 17.2 Å². The average Bonchev–Trinajstić information content (AvgIpc) is 2.92. The normalized spacial score (nSPS) is 11.8. The monoisotopic (exact) mass is 315 g/mol. The number of rotatable bonds is 6. The molecule has 2 rings (SSSR count). The third-order valence-electron chi connectivity index (χ3n) is 3.01. The molecule has 5 nitrogen and oxygen atoms in total. The van der Waals surface area contributed by atoms with Gasteiger partial charge >= 0.3 is 5.76 Å². The Bertz CT molecular complexity index is 696. The van der Waals surface area contributed by atoms with Crippen molar-refractivity contribution in [2.24, 2.45) is 0 Å². The molecule has 0 unspecified atom stereocenters. The Hall–Kier alpha value is -1.96. The lowest BCUT2D eigenvalue weighted by atomic mass is 10.3. The highest BCUT2D eigenvalue weighted by Crippen LogP contribution is 2.20. The second-order valence-corrected chi connectivity index (χ2v) is 6.23. The predicted molar refractivity (Wildman–Crippen MR) is 74.9 cm³/mol. The van der Waals surface area contributed by atoms with Crippen LogP contribution in [0.2, 0.25) is 0 Å². The van der Waals surface area contributed by atoms with E-state index in [1.807, 2.05) is 17.7 Å². The van der Waals surface area contributed by atoms with Gasteiger partial charge in [0, 0.05) is 24.6 Å². The summed E-state index contributed by atoms with van der Waals surface area (Å²) in [5.74, 6) is -2.57. The van der Waals surface area contributed by atoms with Crippen LogP contribution in [0, 0.1) is 0 Å². The van der Waals surface area contributed by atoms with Crippen LogP contribution in [0.4, 0.5) is 14.5 Å². The van der Waals surface area contributed by atoms with E-state index in [0.717, 1.165) is 24.5 Å². The van der Waals surface area contributed by atoms with Gasteiger partial charge in [-0.05, 0) is 31.2 Å². The number of benzene rings is 1. The smallest absolute Gasteiger partial charge is 0.341 e. The average molecular weight is 315 g/mol. The second kappa shape index (κ2) is 6.21. The Morgan fingerprint density at radius 2 is 1.95 bits per heavy atom. The highest BCUT2D eigenvalue weighted by atomic mass is 32.2. The summed E-state index contributed by atoms with van der Waals surface area (Å²) in [6, 6.07) is 5.23. The molecule has 0 bridgehead atoms. The molecule has 1 N–H and O–H groups in total. The van der Waals surface area contributed by atoms with E-state index in [1.54, 1.807) is 6.20 Å². The Morgan fingerprint density at radius 1 is 1.29 bits per heavy atom. The van der Waals surface area contributed by atoms with Gasteiger partial charge in [0.05, 0.1) is 11.4 Å². The SMILES string of the molecule is CCn1ccnc1CNc1ccc(S(=O)(=O)C(F)F)cc1. The molecule has 21 heavy (non-hydrogen) atoms. The minimum absolute atomic E-state index is 0.391. The molecule has 0 saturated heterocycles. The van der Waals surface area contributed by atoms with Crippen LogP contribution in [0.15, 0.2) is 41.6 Å². The van der Waals surface area contributed by atoms with Gasteiger partial charge in [-0.1, -0.05) is 0 Å². The maximum atomic E-state index is 12.4. The Labute approximate surface area is 121 Å². The first-order valence-electron chi connectivity index (χ1n) is 6.31. The number of alkyl halides is 2. The molecule has 0 aliphatic carbocycles. The van der Waals surface area contributed by atoms with Crippen LogP contribution in [0.1, 0.15) is 12.7 Å². The summed E-state index contributed by atoms with van der Waals surface area (Å²) in [5.41, 5.74) is 0.633. The third kappa shape index (κ3) is 3.38. The van der Waals surface area contributed by atoms with E-state index in [2.05, 4.69) is 10.3 Å². The summed E-state index contributed by atoms with van der Waals surface area (Å²) in [7, 11) is -4.54. The van der Waals surface area contributed by atoms with Crippen molar-refractivity contribution in [1.82, 2.24) is 9.55 Å². The van der Waals surface area contributed by atoms with Crippen LogP contribution in [-0.2, 0) is 22.9 Å². The number of halogens is 2. The standard InChI is InChI=1S/C13H15F2N3O2S/c1-2-18-8-7-16-12(18)9-17-10-3-5-11(6-4-10)21(19,20)13(14)15/h3-8,13,17H,2,9H2,1H3. The quantitative estimate of drug-likeness (QED) is 0.889. The Kier molecular flexibility index (Phi) is 4.56. The van der Waals surface area contributed by atoms with Gasteiger partial charge < -0.3 is 9.88 Å². The van der Waals surface area contributed by atoms with Crippen LogP contribution in [-0.4, -0.2) is 23.7 Å². The van der Waals surface area contributed by atoms with Crippen LogP contribution in [0.3, 0.4) is 0 Å². The van der Waals surface area contributed by atoms with E-state index in [0.29, 0.717) is 12.2 Å². The molecule has 0 aliphatic rings. The van der Waals surface area contributed by atoms with E-state index in [9.17, 15) is 17.2 Å². The van der Waals surface area contributed by atoms with Gasteiger partial charge in [-0.3, -0.25) is 0 Å². The number of sulfone groups is 1. The molecule has 0 atom stereocenters. The zero-order chi connectivity index (χ0) is 15.5. The van der Waals surface area contributed by atoms with Gasteiger partial charge in [0.1, 0.15) is 5.82 Å². The number of nitrogens with zero attached hydrogens (tertiary/aromatic N) is 2. The highest BCUT2D eigenvalue weighted by molar-refractivity contribution is 7.91. The van der Waals surface area contributed by atoms with Crippen LogP contribution < -0.4 is 5.32 Å². The maximum Gasteiger partial charge on any atom is 0.341 e. The van der Waals surface area contributed by atoms with Gasteiger partial charge in [0.25, 0.3) is 0 Å². The number of imidazole rings is 1. The zero-order valence-corrected chi connectivity index (χ0v) is 12.1. The second-order valence-electron chi connectivity index (χ2n) is 4.31. The van der Waals surface area contributed by atoms with E-state index >= 15 is 0 Å². The maximum absolute atomic E-state index is 12.4. The molecular weight excluding hydrogens is 300 g/mol. The minimum atomic E-state index is -4.54. The molecule has 0 aliphatic heterocycles. The largest absolute Gasteiger partial charge is 0.378 e. The molecule has 1 aromatic carbocycles. The molecule has 1 heterocycles. The molecular formula is C13H15F2N3O2S. The fourth-order valence-corrected chi connectivity index (χ4v) is 2.56. The van der Waals surface area contributed by atoms with Gasteiger partial charge in [-0.15, -0.1) is 0 Å². The van der Waals surface area contributed by atoms with Gasteiger partial charge in [0.2, 0.25) is 9.84 Å². The Balaban J connectivity index is 2.07. The topological polar surface area (TPSA) is 64.0 Å². The lowest BCUT2D eigenvalue weighted by molar-refractivity contribution is 0.234. The summed E-state index contributed by atoms with van der Waals surface area (Å²) in [6.45, 7) is 3.25. The summed E-state index contributed by atoms with van der Waals surface area (Å²) >= 11 is 0. The first kappa shape index (κ1) is 15.4. The molecule has 2 aromatic rings. The van der Waals surface area contributed by atoms with Crippen LogP contribution >= 0.6 is 0 Å².